The normalized spacial score (nSPS) is 18.8. The van der Waals surface area contributed by atoms with Crippen molar-refractivity contribution >= 4 is 34.2 Å². The van der Waals surface area contributed by atoms with Crippen molar-refractivity contribution in [1.29, 1.82) is 0 Å². The smallest absolute Gasteiger partial charge is 0.228 e. The molecule has 3 heterocycles. The van der Waals surface area contributed by atoms with Crippen LogP contribution in [0.15, 0.2) is 54.6 Å². The first-order valence-corrected chi connectivity index (χ1v) is 11.4. The van der Waals surface area contributed by atoms with Crippen molar-refractivity contribution in [2.24, 2.45) is 5.92 Å². The van der Waals surface area contributed by atoms with Crippen molar-refractivity contribution in [2.75, 3.05) is 49.6 Å². The minimum Gasteiger partial charge on any atom is -0.495 e. The van der Waals surface area contributed by atoms with Gasteiger partial charge in [0.05, 0.1) is 24.2 Å². The molecule has 3 aromatic rings. The molecule has 0 spiro atoms. The molecule has 1 unspecified atom stereocenters. The molecule has 5 rings (SSSR count). The molecule has 7 heteroatoms. The summed E-state index contributed by atoms with van der Waals surface area (Å²) < 4.78 is 5.45. The predicted octanol–water partition coefficient (Wildman–Crippen LogP) is 3.25. The Hall–Kier alpha value is -3.61. The van der Waals surface area contributed by atoms with Crippen LogP contribution < -0.4 is 14.5 Å². The first-order valence-electron chi connectivity index (χ1n) is 11.4. The third-order valence-corrected chi connectivity index (χ3v) is 6.60. The molecule has 2 amide bonds. The minimum atomic E-state index is -0.326. The van der Waals surface area contributed by atoms with E-state index >= 15 is 0 Å². The van der Waals surface area contributed by atoms with Gasteiger partial charge in [-0.25, -0.2) is 4.98 Å². The number of aryl methyl sites for hydroxylation is 1. The molecule has 0 saturated carbocycles. The molecule has 7 nitrogen and oxygen atoms in total. The Labute approximate surface area is 193 Å². The number of amides is 2. The van der Waals surface area contributed by atoms with Crippen molar-refractivity contribution in [3.05, 3.63) is 60.2 Å². The van der Waals surface area contributed by atoms with Crippen LogP contribution in [0.4, 0.5) is 11.5 Å². The van der Waals surface area contributed by atoms with E-state index in [9.17, 15) is 9.59 Å². The molecule has 2 fully saturated rings. The predicted molar refractivity (Wildman–Crippen MR) is 129 cm³/mol. The number of ether oxygens (including phenoxy) is 1. The number of rotatable bonds is 4. The zero-order valence-corrected chi connectivity index (χ0v) is 19.0. The molecular formula is C26H28N4O3. The largest absolute Gasteiger partial charge is 0.495 e. The number of aromatic nitrogens is 1. The number of nitrogens with zero attached hydrogens (tertiary/aromatic N) is 4. The average molecular weight is 445 g/mol. The zero-order valence-electron chi connectivity index (χ0n) is 19.0. The quantitative estimate of drug-likeness (QED) is 0.618. The fourth-order valence-electron chi connectivity index (χ4n) is 4.76. The highest BCUT2D eigenvalue weighted by Gasteiger charge is 2.39. The molecule has 2 aromatic carbocycles. The number of carbonyl (C=O) groups is 2. The van der Waals surface area contributed by atoms with Crippen LogP contribution in [0.5, 0.6) is 5.75 Å². The first-order chi connectivity index (χ1) is 16.0. The summed E-state index contributed by atoms with van der Waals surface area (Å²) in [5, 5.41) is 1.12. The summed E-state index contributed by atoms with van der Waals surface area (Å²) in [5.41, 5.74) is 2.77. The molecular weight excluding hydrogens is 416 g/mol. The Morgan fingerprint density at radius 3 is 2.61 bits per heavy atom. The fraction of sp³-hybridized carbons (Fsp3) is 0.346. The van der Waals surface area contributed by atoms with Gasteiger partial charge in [-0.1, -0.05) is 24.3 Å². The number of pyridine rings is 1. The lowest BCUT2D eigenvalue weighted by atomic mass is 10.1. The summed E-state index contributed by atoms with van der Waals surface area (Å²) in [6.07, 6.45) is 0.238. The van der Waals surface area contributed by atoms with Crippen LogP contribution in [0.1, 0.15) is 12.0 Å². The van der Waals surface area contributed by atoms with Crippen LogP contribution in [0, 0.1) is 12.8 Å². The summed E-state index contributed by atoms with van der Waals surface area (Å²) in [7, 11) is 1.60. The molecule has 0 N–H and O–H groups in total. The molecule has 1 aromatic heterocycles. The summed E-state index contributed by atoms with van der Waals surface area (Å²) in [6.45, 7) is 5.10. The van der Waals surface area contributed by atoms with Crippen molar-refractivity contribution < 1.29 is 14.3 Å². The van der Waals surface area contributed by atoms with E-state index in [0.717, 1.165) is 41.1 Å². The number of hydrogen-bond donors (Lipinski definition) is 0. The second kappa shape index (κ2) is 8.73. The number of piperazine rings is 1. The molecule has 1 atom stereocenters. The third-order valence-electron chi connectivity index (χ3n) is 6.60. The summed E-state index contributed by atoms with van der Waals surface area (Å²) in [6, 6.07) is 18.0. The van der Waals surface area contributed by atoms with Gasteiger partial charge in [-0.2, -0.15) is 0 Å². The topological polar surface area (TPSA) is 66.0 Å². The number of carbonyl (C=O) groups excluding carboxylic acids is 2. The second-order valence-electron chi connectivity index (χ2n) is 8.76. The Bertz CT molecular complexity index is 1200. The van der Waals surface area contributed by atoms with Gasteiger partial charge in [-0.05, 0) is 42.8 Å². The molecule has 2 saturated heterocycles. The number of methoxy groups -OCH3 is 1. The van der Waals surface area contributed by atoms with Gasteiger partial charge in [0.25, 0.3) is 0 Å². The maximum atomic E-state index is 13.2. The number of benzene rings is 2. The Morgan fingerprint density at radius 1 is 1.03 bits per heavy atom. The number of anilines is 2. The van der Waals surface area contributed by atoms with Crippen LogP contribution in [-0.4, -0.2) is 61.5 Å². The van der Waals surface area contributed by atoms with Crippen LogP contribution in [0.3, 0.4) is 0 Å². The van der Waals surface area contributed by atoms with E-state index in [1.807, 2.05) is 54.3 Å². The summed E-state index contributed by atoms with van der Waals surface area (Å²) >= 11 is 0. The highest BCUT2D eigenvalue weighted by atomic mass is 16.5. The number of para-hydroxylation sites is 1. The summed E-state index contributed by atoms with van der Waals surface area (Å²) in [5.74, 6) is 1.29. The number of fused-ring (bicyclic) bond motifs is 1. The van der Waals surface area contributed by atoms with E-state index < -0.39 is 0 Å². The second-order valence-corrected chi connectivity index (χ2v) is 8.76. The van der Waals surface area contributed by atoms with Gasteiger partial charge in [0, 0.05) is 44.5 Å². The van der Waals surface area contributed by atoms with Crippen LogP contribution >= 0.6 is 0 Å². The van der Waals surface area contributed by atoms with Gasteiger partial charge >= 0.3 is 0 Å². The first kappa shape index (κ1) is 21.2. The molecule has 33 heavy (non-hydrogen) atoms. The maximum absolute atomic E-state index is 13.2. The van der Waals surface area contributed by atoms with E-state index in [1.165, 1.54) is 0 Å². The minimum absolute atomic E-state index is 0.0313. The van der Waals surface area contributed by atoms with Gasteiger partial charge in [0.2, 0.25) is 11.8 Å². The lowest BCUT2D eigenvalue weighted by Gasteiger charge is -2.36. The molecule has 0 aliphatic carbocycles. The maximum Gasteiger partial charge on any atom is 0.228 e. The van der Waals surface area contributed by atoms with E-state index in [1.54, 1.807) is 12.0 Å². The summed E-state index contributed by atoms with van der Waals surface area (Å²) in [4.78, 5) is 36.6. The molecule has 0 bridgehead atoms. The molecule has 0 radical (unpaired) electrons. The Morgan fingerprint density at radius 2 is 1.82 bits per heavy atom. The van der Waals surface area contributed by atoms with Crippen molar-refractivity contribution in [1.82, 2.24) is 9.88 Å². The Balaban J connectivity index is 1.24. The van der Waals surface area contributed by atoms with Crippen LogP contribution in [-0.2, 0) is 9.59 Å². The van der Waals surface area contributed by atoms with E-state index in [-0.39, 0.29) is 24.2 Å². The third kappa shape index (κ3) is 4.11. The van der Waals surface area contributed by atoms with Crippen molar-refractivity contribution in [2.45, 2.75) is 13.3 Å². The monoisotopic (exact) mass is 444 g/mol. The van der Waals surface area contributed by atoms with Gasteiger partial charge in [-0.3, -0.25) is 9.59 Å². The lowest BCUT2D eigenvalue weighted by Crippen LogP contribution is -2.51. The zero-order chi connectivity index (χ0) is 22.9. The molecule has 2 aliphatic rings. The standard InChI is InChI=1S/C26H28N4O3/c1-18-7-9-23(33-2)22(15-18)30-17-20(16-25(30)31)26(32)29-13-11-28(12-14-29)24-10-8-19-5-3-4-6-21(19)27-24/h3-10,15,20H,11-14,16-17H2,1-2H3. The molecule has 170 valence electrons. The van der Waals surface area contributed by atoms with E-state index in [4.69, 9.17) is 9.72 Å². The van der Waals surface area contributed by atoms with Gasteiger partial charge in [-0.15, -0.1) is 0 Å². The SMILES string of the molecule is COc1ccc(C)cc1N1CC(C(=O)N2CCN(c3ccc4ccccc4n3)CC2)CC1=O. The van der Waals surface area contributed by atoms with Crippen molar-refractivity contribution in [3.63, 3.8) is 0 Å². The van der Waals surface area contributed by atoms with Crippen LogP contribution in [0.2, 0.25) is 0 Å². The van der Waals surface area contributed by atoms with Gasteiger partial charge < -0.3 is 19.4 Å². The number of hydrogen-bond acceptors (Lipinski definition) is 5. The van der Waals surface area contributed by atoms with E-state index in [2.05, 4.69) is 17.0 Å². The highest BCUT2D eigenvalue weighted by Crippen LogP contribution is 2.34. The fourth-order valence-corrected chi connectivity index (χ4v) is 4.76. The van der Waals surface area contributed by atoms with Gasteiger partial charge in [0.1, 0.15) is 11.6 Å². The highest BCUT2D eigenvalue weighted by molar-refractivity contribution is 6.01. The average Bonchev–Trinajstić information content (AvgIpc) is 3.24. The molecule has 2 aliphatic heterocycles. The van der Waals surface area contributed by atoms with E-state index in [0.29, 0.717) is 25.4 Å². The Kier molecular flexibility index (Phi) is 5.62. The van der Waals surface area contributed by atoms with Crippen LogP contribution in [0.25, 0.3) is 10.9 Å². The lowest BCUT2D eigenvalue weighted by molar-refractivity contribution is -0.136. The van der Waals surface area contributed by atoms with Gasteiger partial charge in [0.15, 0.2) is 0 Å². The van der Waals surface area contributed by atoms with Crippen molar-refractivity contribution in [3.8, 4) is 5.75 Å².